The van der Waals surface area contributed by atoms with Gasteiger partial charge in [0.05, 0.1) is 0 Å². The molecular weight excluding hydrogens is 280 g/mol. The number of rotatable bonds is 5. The van der Waals surface area contributed by atoms with E-state index >= 15 is 0 Å². The van der Waals surface area contributed by atoms with Gasteiger partial charge in [0.15, 0.2) is 0 Å². The first kappa shape index (κ1) is 16.6. The summed E-state index contributed by atoms with van der Waals surface area (Å²) in [6, 6.07) is 6.32. The van der Waals surface area contributed by atoms with Gasteiger partial charge in [-0.05, 0) is 54.5 Å². The molecule has 1 N–H and O–H groups in total. The second-order valence-corrected chi connectivity index (χ2v) is 7.68. The average Bonchev–Trinajstić information content (AvgIpc) is 2.88. The van der Waals surface area contributed by atoms with Crippen LogP contribution in [0.3, 0.4) is 0 Å². The van der Waals surface area contributed by atoms with Crippen molar-refractivity contribution in [1.82, 2.24) is 5.32 Å². The van der Waals surface area contributed by atoms with Crippen LogP contribution in [0.25, 0.3) is 0 Å². The molecule has 1 unspecified atom stereocenters. The Labute approximate surface area is 134 Å². The third-order valence-electron chi connectivity index (χ3n) is 4.54. The quantitative estimate of drug-likeness (QED) is 0.792. The molecule has 2 rings (SSSR count). The number of anilines is 1. The van der Waals surface area contributed by atoms with E-state index in [-0.39, 0.29) is 0 Å². The van der Waals surface area contributed by atoms with Gasteiger partial charge in [-0.1, -0.05) is 39.3 Å². The van der Waals surface area contributed by atoms with Gasteiger partial charge in [-0.3, -0.25) is 0 Å². The van der Waals surface area contributed by atoms with E-state index in [1.165, 1.54) is 17.7 Å². The highest BCUT2D eigenvalue weighted by Crippen LogP contribution is 2.37. The summed E-state index contributed by atoms with van der Waals surface area (Å²) < 4.78 is 0. The third-order valence-corrected chi connectivity index (χ3v) is 4.77. The Balaban J connectivity index is 2.12. The molecular formula is C18H29ClN2. The summed E-state index contributed by atoms with van der Waals surface area (Å²) in [4.78, 5) is 2.54. The molecule has 0 amide bonds. The Hall–Kier alpha value is -0.730. The van der Waals surface area contributed by atoms with Gasteiger partial charge in [0.2, 0.25) is 0 Å². The lowest BCUT2D eigenvalue weighted by Gasteiger charge is -2.28. The predicted octanol–water partition coefficient (Wildman–Crippen LogP) is 4.71. The summed E-state index contributed by atoms with van der Waals surface area (Å²) >= 11 is 6.19. The number of benzene rings is 1. The maximum absolute atomic E-state index is 6.19. The van der Waals surface area contributed by atoms with Crippen LogP contribution in [0.15, 0.2) is 18.2 Å². The van der Waals surface area contributed by atoms with E-state index in [1.807, 2.05) is 6.07 Å². The fraction of sp³-hybridized carbons (Fsp3) is 0.667. The average molecular weight is 309 g/mol. The summed E-state index contributed by atoms with van der Waals surface area (Å²) in [7, 11) is 0. The molecule has 1 aromatic rings. The molecule has 118 valence electrons. The van der Waals surface area contributed by atoms with Crippen molar-refractivity contribution in [2.45, 2.75) is 47.1 Å². The van der Waals surface area contributed by atoms with E-state index in [4.69, 9.17) is 11.6 Å². The van der Waals surface area contributed by atoms with Crippen LogP contribution in [0.4, 0.5) is 5.69 Å². The van der Waals surface area contributed by atoms with Crippen molar-refractivity contribution in [1.29, 1.82) is 0 Å². The molecule has 0 bridgehead atoms. The zero-order valence-electron chi connectivity index (χ0n) is 13.9. The van der Waals surface area contributed by atoms with Gasteiger partial charge in [0.25, 0.3) is 0 Å². The van der Waals surface area contributed by atoms with Crippen molar-refractivity contribution >= 4 is 17.3 Å². The normalized spacial score (nSPS) is 19.3. The maximum atomic E-state index is 6.19. The smallest absolute Gasteiger partial charge is 0.0412 e. The fourth-order valence-corrected chi connectivity index (χ4v) is 3.28. The van der Waals surface area contributed by atoms with Crippen LogP contribution in [0, 0.1) is 11.3 Å². The minimum atomic E-state index is 0.391. The lowest BCUT2D eigenvalue weighted by molar-refractivity contribution is 0.263. The summed E-state index contributed by atoms with van der Waals surface area (Å²) in [6.07, 6.45) is 2.44. The topological polar surface area (TPSA) is 15.3 Å². The summed E-state index contributed by atoms with van der Waals surface area (Å²) in [5.74, 6) is 0.768. The van der Waals surface area contributed by atoms with Gasteiger partial charge in [-0.2, -0.15) is 0 Å². The zero-order chi connectivity index (χ0) is 15.5. The molecule has 0 aromatic heterocycles. The molecule has 1 atom stereocenters. The molecule has 3 heteroatoms. The Morgan fingerprint density at radius 1 is 1.33 bits per heavy atom. The van der Waals surface area contributed by atoms with Crippen molar-refractivity contribution in [2.75, 3.05) is 24.5 Å². The van der Waals surface area contributed by atoms with E-state index in [9.17, 15) is 0 Å². The van der Waals surface area contributed by atoms with Gasteiger partial charge in [-0.25, -0.2) is 0 Å². The minimum Gasteiger partial charge on any atom is -0.371 e. The van der Waals surface area contributed by atoms with E-state index in [2.05, 4.69) is 50.0 Å². The lowest BCUT2D eigenvalue weighted by atomic mass is 9.80. The van der Waals surface area contributed by atoms with Crippen molar-refractivity contribution in [3.63, 3.8) is 0 Å². The first-order chi connectivity index (χ1) is 9.91. The Morgan fingerprint density at radius 2 is 2.10 bits per heavy atom. The van der Waals surface area contributed by atoms with Gasteiger partial charge in [0, 0.05) is 30.3 Å². The third kappa shape index (κ3) is 4.37. The van der Waals surface area contributed by atoms with Crippen molar-refractivity contribution < 1.29 is 0 Å². The summed E-state index contributed by atoms with van der Waals surface area (Å²) in [6.45, 7) is 13.5. The van der Waals surface area contributed by atoms with Crippen molar-refractivity contribution in [3.05, 3.63) is 28.8 Å². The summed E-state index contributed by atoms with van der Waals surface area (Å²) in [5.41, 5.74) is 3.07. The second kappa shape index (κ2) is 7.02. The Kier molecular flexibility index (Phi) is 5.56. The largest absolute Gasteiger partial charge is 0.371 e. The molecule has 1 fully saturated rings. The monoisotopic (exact) mass is 308 g/mol. The van der Waals surface area contributed by atoms with Gasteiger partial charge in [-0.15, -0.1) is 0 Å². The standard InChI is InChI=1S/C18H29ClN2/c1-5-9-20-12-14-11-16(19)6-7-17(14)21-10-8-15(13-21)18(2,3)4/h6-7,11,15,20H,5,8-10,12-13H2,1-4H3. The van der Waals surface area contributed by atoms with Crippen LogP contribution in [0.5, 0.6) is 0 Å². The Bertz CT molecular complexity index is 465. The van der Waals surface area contributed by atoms with E-state index < -0.39 is 0 Å². The molecule has 1 aliphatic rings. The van der Waals surface area contributed by atoms with Crippen LogP contribution < -0.4 is 10.2 Å². The molecule has 0 spiro atoms. The maximum Gasteiger partial charge on any atom is 0.0412 e. The molecule has 1 aliphatic heterocycles. The van der Waals surface area contributed by atoms with Crippen LogP contribution in [-0.4, -0.2) is 19.6 Å². The van der Waals surface area contributed by atoms with E-state index in [0.29, 0.717) is 5.41 Å². The molecule has 1 aromatic carbocycles. The zero-order valence-corrected chi connectivity index (χ0v) is 14.6. The number of hydrogen-bond donors (Lipinski definition) is 1. The molecule has 21 heavy (non-hydrogen) atoms. The molecule has 0 aliphatic carbocycles. The first-order valence-electron chi connectivity index (χ1n) is 8.16. The predicted molar refractivity (Wildman–Crippen MR) is 93.2 cm³/mol. The van der Waals surface area contributed by atoms with E-state index in [0.717, 1.165) is 43.5 Å². The number of nitrogens with one attached hydrogen (secondary N) is 1. The molecule has 0 saturated carbocycles. The van der Waals surface area contributed by atoms with Crippen LogP contribution >= 0.6 is 11.6 Å². The SMILES string of the molecule is CCCNCc1cc(Cl)ccc1N1CCC(C(C)(C)C)C1. The van der Waals surface area contributed by atoms with Crippen molar-refractivity contribution in [2.24, 2.45) is 11.3 Å². The molecule has 0 radical (unpaired) electrons. The van der Waals surface area contributed by atoms with Gasteiger partial charge in [0.1, 0.15) is 0 Å². The van der Waals surface area contributed by atoms with Crippen LogP contribution in [0.2, 0.25) is 5.02 Å². The minimum absolute atomic E-state index is 0.391. The molecule has 1 heterocycles. The molecule has 2 nitrogen and oxygen atoms in total. The highest BCUT2D eigenvalue weighted by molar-refractivity contribution is 6.30. The van der Waals surface area contributed by atoms with Crippen molar-refractivity contribution in [3.8, 4) is 0 Å². The first-order valence-corrected chi connectivity index (χ1v) is 8.53. The number of nitrogens with zero attached hydrogens (tertiary/aromatic N) is 1. The van der Waals surface area contributed by atoms with Crippen LogP contribution in [-0.2, 0) is 6.54 Å². The van der Waals surface area contributed by atoms with E-state index in [1.54, 1.807) is 0 Å². The van der Waals surface area contributed by atoms with Gasteiger partial charge < -0.3 is 10.2 Å². The number of hydrogen-bond acceptors (Lipinski definition) is 2. The summed E-state index contributed by atoms with van der Waals surface area (Å²) in [5, 5.41) is 4.33. The lowest BCUT2D eigenvalue weighted by Crippen LogP contribution is -2.27. The highest BCUT2D eigenvalue weighted by atomic mass is 35.5. The highest BCUT2D eigenvalue weighted by Gasteiger charge is 2.32. The molecule has 1 saturated heterocycles. The van der Waals surface area contributed by atoms with Gasteiger partial charge >= 0.3 is 0 Å². The van der Waals surface area contributed by atoms with Crippen LogP contribution in [0.1, 0.15) is 46.1 Å². The number of halogens is 1. The Morgan fingerprint density at radius 3 is 2.71 bits per heavy atom. The fourth-order valence-electron chi connectivity index (χ4n) is 3.09. The second-order valence-electron chi connectivity index (χ2n) is 7.25.